The van der Waals surface area contributed by atoms with E-state index < -0.39 is 26.3 Å². The second-order valence-electron chi connectivity index (χ2n) is 17.3. The number of carbonyl (C=O) groups excluding carboxylic acids is 3. The fourth-order valence-electron chi connectivity index (χ4n) is 6.16. The van der Waals surface area contributed by atoms with E-state index in [0.717, 1.165) is 73.8 Å². The Morgan fingerprint density at radius 2 is 1.03 bits per heavy atom. The number of ether oxygens (including phenoxy) is 12. The molecule has 6 unspecified atom stereocenters. The van der Waals surface area contributed by atoms with Gasteiger partial charge in [-0.3, -0.25) is 19.1 Å². The van der Waals surface area contributed by atoms with E-state index in [1.54, 1.807) is 36.8 Å². The van der Waals surface area contributed by atoms with Gasteiger partial charge in [0.2, 0.25) is 0 Å². The summed E-state index contributed by atoms with van der Waals surface area (Å²) in [6.45, 7) is 19.3. The summed E-state index contributed by atoms with van der Waals surface area (Å²) >= 11 is 12.1. The van der Waals surface area contributed by atoms with E-state index in [1.165, 1.54) is 17.5 Å². The number of carbonyl (C=O) groups is 3. The summed E-state index contributed by atoms with van der Waals surface area (Å²) in [5.41, 5.74) is 2.62. The van der Waals surface area contributed by atoms with Crippen LogP contribution in [0.15, 0.2) is 97.6 Å². The topological polar surface area (TPSA) is 377 Å². The average molecular weight is 1660 g/mol. The van der Waals surface area contributed by atoms with Crippen LogP contribution < -0.4 is 12.4 Å². The second kappa shape index (κ2) is 59.7. The standard InChI is InChI=1S/C10H12BrNO3.C10H12BrNO2.C8H7NO2S.C5H3BrIN.C5H7NO2.2C5H8O3.C4H8O2.C3H7.CH2O.ClH.Mg.H2O4S/c11-7-1-2-8(12-5-7)10(13)9-6-14-3-4-15-9;11-8-1-2-9(12-6-8)5-10-7-13-3-4-14-10;1-7-2-4-8(5-3-7)12(10,11)6-9;6-4-1-2-5(7)8-3-4;3*6-3-5-4-7-1-2-8-5;1-2-6-4-3-5-1;1-3-2;1-2;;;1-5(2,3)4/h1-2,5,9-10,13H,3-4,6H2;1-2,6,10H,3-5,7H2;2-5H,1H3;1-3H;5H,1-2,4H2;2*3,5H,1-2,4H2;1-4H2;3H,1-2H3;1H2;1H;;(H2,1,2,3,4)/q;;;;;;;;-1;;;+2;/p-1. The zero-order chi connectivity index (χ0) is 66.6. The van der Waals surface area contributed by atoms with Crippen molar-refractivity contribution in [1.82, 2.24) is 15.0 Å². The number of aromatic nitrogens is 3. The molecule has 0 amide bonds. The van der Waals surface area contributed by atoms with Crippen molar-refractivity contribution in [2.24, 2.45) is 0 Å². The molecule has 0 saturated carbocycles. The van der Waals surface area contributed by atoms with Crippen molar-refractivity contribution in [2.45, 2.75) is 68.7 Å². The molecule has 3 aromatic heterocycles. The molecule has 9 heterocycles. The number of hydrogen-bond donors (Lipinski definition) is 3. The van der Waals surface area contributed by atoms with Gasteiger partial charge in [0, 0.05) is 44.1 Å². The van der Waals surface area contributed by atoms with E-state index in [1.807, 2.05) is 70.4 Å². The Labute approximate surface area is 593 Å². The van der Waals surface area contributed by atoms with E-state index in [2.05, 4.69) is 85.3 Å². The van der Waals surface area contributed by atoms with E-state index >= 15 is 0 Å². The molecule has 506 valence electrons. The first-order valence-electron chi connectivity index (χ1n) is 26.7. The fraction of sp³-hybridized carbons (Fsp3) is 0.518. The predicted octanol–water partition coefficient (Wildman–Crippen LogP) is 2.97. The van der Waals surface area contributed by atoms with E-state index in [-0.39, 0.29) is 70.9 Å². The monoisotopic (exact) mass is 1660 g/mol. The predicted molar refractivity (Wildman–Crippen MR) is 346 cm³/mol. The molecule has 6 saturated heterocycles. The molecule has 4 aromatic rings. The van der Waals surface area contributed by atoms with Gasteiger partial charge in [0.1, 0.15) is 34.9 Å². The van der Waals surface area contributed by atoms with Crippen molar-refractivity contribution in [1.29, 1.82) is 10.5 Å². The average Bonchev–Trinajstić information content (AvgIpc) is 2.97. The van der Waals surface area contributed by atoms with Crippen LogP contribution in [0.1, 0.15) is 36.9 Å². The minimum atomic E-state index is -4.67. The van der Waals surface area contributed by atoms with E-state index in [9.17, 15) is 23.1 Å². The Morgan fingerprint density at radius 1 is 0.615 bits per heavy atom. The summed E-state index contributed by atoms with van der Waals surface area (Å²) in [5.74, 6) is 0. The number of rotatable bonds is 7. The number of sulfone groups is 1. The summed E-state index contributed by atoms with van der Waals surface area (Å²) in [5, 5.41) is 27.7. The summed E-state index contributed by atoms with van der Waals surface area (Å²) in [6.07, 6.45) is 7.76. The normalized spacial score (nSPS) is 19.8. The first-order valence-corrected chi connectivity index (χ1v) is 33.1. The van der Waals surface area contributed by atoms with Crippen molar-refractivity contribution in [3.8, 4) is 11.5 Å². The number of aldehydes is 2. The maximum absolute atomic E-state index is 11.0. The molecule has 6 aliphatic heterocycles. The zero-order valence-electron chi connectivity index (χ0n) is 50.3. The molecule has 0 aliphatic carbocycles. The van der Waals surface area contributed by atoms with E-state index in [0.29, 0.717) is 105 Å². The molecule has 6 aliphatic rings. The third-order valence-electron chi connectivity index (χ3n) is 10.2. The van der Waals surface area contributed by atoms with Crippen LogP contribution in [-0.4, -0.2) is 244 Å². The summed E-state index contributed by atoms with van der Waals surface area (Å²) in [6, 6.07) is 19.6. The number of thiocyanates is 1. The molecule has 1 aromatic carbocycles. The summed E-state index contributed by atoms with van der Waals surface area (Å²) < 4.78 is 118. The molecule has 91 heavy (non-hydrogen) atoms. The molecular weight excluding hydrogens is 1590 g/mol. The molecular formula is C56H76Br3ClIMgN5O22S2. The maximum atomic E-state index is 11.0. The molecule has 3 N–H and O–H groups in total. The molecule has 0 spiro atoms. The van der Waals surface area contributed by atoms with Crippen LogP contribution in [0.25, 0.3) is 0 Å². The molecule has 6 atom stereocenters. The Morgan fingerprint density at radius 3 is 1.34 bits per heavy atom. The minimum absolute atomic E-state index is 0. The van der Waals surface area contributed by atoms with Gasteiger partial charge < -0.3 is 95.2 Å². The minimum Gasteiger partial charge on any atom is -1.00 e. The Kier molecular flexibility index (Phi) is 60.6. The molecule has 0 radical (unpaired) electrons. The van der Waals surface area contributed by atoms with Gasteiger partial charge in [0.15, 0.2) is 24.1 Å². The van der Waals surface area contributed by atoms with Gasteiger partial charge in [-0.1, -0.05) is 17.7 Å². The van der Waals surface area contributed by atoms with Crippen LogP contribution in [-0.2, 0) is 97.9 Å². The quantitative estimate of drug-likeness (QED) is 0.0350. The summed E-state index contributed by atoms with van der Waals surface area (Å²) in [7, 11) is -8.38. The van der Waals surface area contributed by atoms with Gasteiger partial charge in [0.05, 0.1) is 148 Å². The Balaban J connectivity index is -0.000000963. The van der Waals surface area contributed by atoms with Crippen LogP contribution in [0, 0.1) is 39.0 Å². The van der Waals surface area contributed by atoms with Gasteiger partial charge in [-0.2, -0.15) is 32.8 Å². The number of aliphatic hydroxyl groups is 1. The number of nitriles is 2. The third-order valence-corrected chi connectivity index (χ3v) is 13.4. The summed E-state index contributed by atoms with van der Waals surface area (Å²) in [4.78, 5) is 40.4. The number of benzene rings is 1. The molecule has 10 rings (SSSR count). The van der Waals surface area contributed by atoms with Crippen LogP contribution in [0.3, 0.4) is 0 Å². The molecule has 0 bridgehead atoms. The SMILES string of the molecule is Brc1ccc(CC2COCCO2)nc1.Brc1ccc(I)nc1.C1COCCO1.C=O.C[CH-]C.Cc1ccc(S(=O)(=O)C#N)cc1.N#CC1COCCO1.O=CC1COCCO1.O=CC1COCCO1.O=S(=O)(O)O.OC(c1ccc(Br)cn1)C1COCCO1.[Cl-].[Mg+2]. The maximum Gasteiger partial charge on any atom is 2.00 e. The van der Waals surface area contributed by atoms with Crippen LogP contribution in [0.4, 0.5) is 0 Å². The first kappa shape index (κ1) is 92.4. The van der Waals surface area contributed by atoms with Crippen molar-refractivity contribution in [3.05, 3.63) is 120 Å². The Bertz CT molecular complexity index is 2670. The first-order chi connectivity index (χ1) is 42.7. The van der Waals surface area contributed by atoms with Gasteiger partial charge >= 0.3 is 33.5 Å². The number of aliphatic hydroxyl groups excluding tert-OH is 1. The number of nitrogens with zero attached hydrogens (tertiary/aromatic N) is 5. The smallest absolute Gasteiger partial charge is 1.00 e. The fourth-order valence-corrected chi connectivity index (χ4v) is 7.78. The molecule has 27 nitrogen and oxygen atoms in total. The Hall–Kier alpha value is -2.81. The van der Waals surface area contributed by atoms with Crippen molar-refractivity contribution in [3.63, 3.8) is 0 Å². The van der Waals surface area contributed by atoms with E-state index in [4.69, 9.17) is 89.7 Å². The van der Waals surface area contributed by atoms with Gasteiger partial charge in [-0.25, -0.2) is 13.4 Å². The number of halogens is 5. The molecule has 35 heteroatoms. The number of pyridine rings is 3. The van der Waals surface area contributed by atoms with Gasteiger partial charge in [-0.15, -0.1) is 0 Å². The van der Waals surface area contributed by atoms with Crippen molar-refractivity contribution < 1.29 is 115 Å². The third kappa shape index (κ3) is 52.1. The number of hydrogen-bond acceptors (Lipinski definition) is 25. The largest absolute Gasteiger partial charge is 2.00 e. The van der Waals surface area contributed by atoms with Gasteiger partial charge in [0.25, 0.3) is 9.84 Å². The number of aryl methyl sites for hydroxylation is 1. The van der Waals surface area contributed by atoms with Gasteiger partial charge in [-0.05, 0) is 126 Å². The molecule has 6 fully saturated rings. The van der Waals surface area contributed by atoms with Crippen LogP contribution in [0.5, 0.6) is 0 Å². The second-order valence-corrected chi connectivity index (χ2v) is 23.7. The zero-order valence-corrected chi connectivity index (χ0v) is 61.0. The van der Waals surface area contributed by atoms with Crippen LogP contribution >= 0.6 is 70.4 Å². The van der Waals surface area contributed by atoms with Crippen LogP contribution in [0.2, 0.25) is 0 Å². The van der Waals surface area contributed by atoms with Crippen molar-refractivity contribution >= 4 is 133 Å². The van der Waals surface area contributed by atoms with Crippen molar-refractivity contribution in [2.75, 3.05) is 126 Å².